The van der Waals surface area contributed by atoms with Crippen molar-refractivity contribution in [1.29, 1.82) is 0 Å². The van der Waals surface area contributed by atoms with Crippen molar-refractivity contribution in [3.8, 4) is 11.5 Å². The lowest BCUT2D eigenvalue weighted by atomic mass is 9.78. The van der Waals surface area contributed by atoms with Crippen LogP contribution in [0.1, 0.15) is 72.4 Å². The molecule has 4 heterocycles. The fourth-order valence-corrected chi connectivity index (χ4v) is 8.61. The molecule has 0 aliphatic carbocycles. The van der Waals surface area contributed by atoms with E-state index in [1.165, 1.54) is 0 Å². The molecule has 2 atom stereocenters. The number of hydrogen-bond donors (Lipinski definition) is 2. The van der Waals surface area contributed by atoms with Crippen molar-refractivity contribution >= 4 is 80.8 Å². The summed E-state index contributed by atoms with van der Waals surface area (Å²) in [6, 6.07) is 18.9. The number of pyridine rings is 2. The van der Waals surface area contributed by atoms with E-state index in [9.17, 15) is 10.2 Å². The maximum atomic E-state index is 15.8. The molecule has 46 heavy (non-hydrogen) atoms. The average Bonchev–Trinajstić information content (AvgIpc) is 3.57. The van der Waals surface area contributed by atoms with Gasteiger partial charge in [-0.3, -0.25) is 4.79 Å². The number of aryl methyl sites for hydroxylation is 2. The van der Waals surface area contributed by atoms with Crippen LogP contribution in [0.3, 0.4) is 0 Å². The quantitative estimate of drug-likeness (QED) is 0.143. The molecular formula is C35H30Br4N4O3. The van der Waals surface area contributed by atoms with Crippen LogP contribution < -0.4 is 0 Å². The largest absolute Gasteiger partial charge is 0.506 e. The number of aromatic hydroxyl groups is 2. The first-order valence-electron chi connectivity index (χ1n) is 15.0. The number of aromatic nitrogens is 4. The molecular weight excluding hydrogens is 844 g/mol. The summed E-state index contributed by atoms with van der Waals surface area (Å²) in [6.07, 6.45) is 6.94. The summed E-state index contributed by atoms with van der Waals surface area (Å²) >= 11 is 14.1. The molecule has 236 valence electrons. The first-order valence-corrected chi connectivity index (χ1v) is 18.1. The molecule has 0 aliphatic heterocycles. The first-order chi connectivity index (χ1) is 22.1. The number of phenolic OH excluding ortho intramolecular Hbond substituents is 2. The van der Waals surface area contributed by atoms with Crippen molar-refractivity contribution in [2.75, 3.05) is 0 Å². The minimum Gasteiger partial charge on any atom is -0.506 e. The Morgan fingerprint density at radius 1 is 0.674 bits per heavy atom. The molecule has 4 aromatic heterocycles. The number of benzene rings is 2. The van der Waals surface area contributed by atoms with Crippen LogP contribution in [0.5, 0.6) is 11.5 Å². The van der Waals surface area contributed by atoms with Crippen LogP contribution in [0.25, 0.3) is 11.3 Å². The van der Waals surface area contributed by atoms with Gasteiger partial charge in [0.1, 0.15) is 22.8 Å². The Kier molecular flexibility index (Phi) is 9.75. The van der Waals surface area contributed by atoms with Gasteiger partial charge in [0.15, 0.2) is 5.78 Å². The van der Waals surface area contributed by atoms with E-state index in [0.717, 1.165) is 46.9 Å². The summed E-state index contributed by atoms with van der Waals surface area (Å²) in [4.78, 5) is 25.8. The Morgan fingerprint density at radius 2 is 1.04 bits per heavy atom. The molecule has 0 amide bonds. The summed E-state index contributed by atoms with van der Waals surface area (Å²) in [5.74, 6) is -1.59. The number of phenols is 2. The molecule has 0 fully saturated rings. The normalized spacial score (nSPS) is 13.0. The van der Waals surface area contributed by atoms with Gasteiger partial charge < -0.3 is 19.0 Å². The SMILES string of the molecule is CCCc1nc2ccccn2c1C(C(=O)C(c1cc(Br)c(O)c(Br)c1)c1c(CCC)nc2ccccn12)c1cc(Br)c(O)c(Br)c1. The summed E-state index contributed by atoms with van der Waals surface area (Å²) in [5.41, 5.74) is 6.12. The Balaban J connectivity index is 1.71. The van der Waals surface area contributed by atoms with Crippen molar-refractivity contribution in [1.82, 2.24) is 18.8 Å². The summed E-state index contributed by atoms with van der Waals surface area (Å²) in [7, 11) is 0. The third-order valence-corrected chi connectivity index (χ3v) is 10.5. The Hall–Kier alpha value is -2.99. The van der Waals surface area contributed by atoms with Crippen LogP contribution in [0, 0.1) is 0 Å². The number of nitrogens with zero attached hydrogens (tertiary/aromatic N) is 4. The average molecular weight is 874 g/mol. The predicted octanol–water partition coefficient (Wildman–Crippen LogP) is 9.88. The van der Waals surface area contributed by atoms with Gasteiger partial charge in [-0.2, -0.15) is 0 Å². The second-order valence-electron chi connectivity index (χ2n) is 11.2. The molecule has 0 bridgehead atoms. The molecule has 0 saturated heterocycles. The van der Waals surface area contributed by atoms with Crippen molar-refractivity contribution in [3.63, 3.8) is 0 Å². The zero-order chi connectivity index (χ0) is 32.7. The first kappa shape index (κ1) is 32.9. The van der Waals surface area contributed by atoms with Crippen LogP contribution in [0.2, 0.25) is 0 Å². The highest BCUT2D eigenvalue weighted by molar-refractivity contribution is 9.11. The highest BCUT2D eigenvalue weighted by Gasteiger charge is 2.39. The number of Topliss-reactive ketones (excluding diaryl/α,β-unsaturated/α-hetero) is 1. The third kappa shape index (κ3) is 5.95. The van der Waals surface area contributed by atoms with Gasteiger partial charge in [0.2, 0.25) is 0 Å². The molecule has 0 saturated carbocycles. The fraction of sp³-hybridized carbons (Fsp3) is 0.229. The van der Waals surface area contributed by atoms with Crippen molar-refractivity contribution in [3.05, 3.63) is 125 Å². The molecule has 6 aromatic rings. The van der Waals surface area contributed by atoms with Gasteiger partial charge in [-0.25, -0.2) is 9.97 Å². The molecule has 6 rings (SSSR count). The number of carbonyl (C=O) groups excluding carboxylic acids is 1. The third-order valence-electron chi connectivity index (χ3n) is 8.12. The Bertz CT molecular complexity index is 1910. The molecule has 0 radical (unpaired) electrons. The number of carbonyl (C=O) groups is 1. The lowest BCUT2D eigenvalue weighted by Crippen LogP contribution is -2.26. The van der Waals surface area contributed by atoms with E-state index < -0.39 is 11.8 Å². The van der Waals surface area contributed by atoms with Gasteiger partial charge in [0, 0.05) is 12.4 Å². The zero-order valence-electron chi connectivity index (χ0n) is 25.0. The van der Waals surface area contributed by atoms with E-state index in [0.29, 0.717) is 41.9 Å². The number of imidazole rings is 2. The second-order valence-corrected chi connectivity index (χ2v) is 14.6. The predicted molar refractivity (Wildman–Crippen MR) is 194 cm³/mol. The second kappa shape index (κ2) is 13.6. The number of halogens is 4. The number of fused-ring (bicyclic) bond motifs is 2. The smallest absolute Gasteiger partial charge is 0.159 e. The van der Waals surface area contributed by atoms with Crippen molar-refractivity contribution in [2.24, 2.45) is 0 Å². The van der Waals surface area contributed by atoms with E-state index in [1.807, 2.05) is 81.9 Å². The van der Waals surface area contributed by atoms with Crippen LogP contribution in [0.4, 0.5) is 0 Å². The highest BCUT2D eigenvalue weighted by Crippen LogP contribution is 2.45. The van der Waals surface area contributed by atoms with Crippen LogP contribution in [-0.2, 0) is 17.6 Å². The van der Waals surface area contributed by atoms with Gasteiger partial charge in [0.05, 0.1) is 52.5 Å². The Labute approximate surface area is 300 Å². The standard InChI is InChI=1S/C35H30Br4N4O3/c1-3-9-25-31(42-13-7-5-11-27(42)40-25)29(19-15-21(36)33(44)22(37)16-19)35(46)30(20-17-23(38)34(45)24(39)18-20)32-26(10-4-2)41-28-12-6-8-14-43(28)32/h5-8,11-18,29-30,44-45H,3-4,9-10H2,1-2H3. The van der Waals surface area contributed by atoms with Gasteiger partial charge in [-0.15, -0.1) is 0 Å². The lowest BCUT2D eigenvalue weighted by Gasteiger charge is -2.26. The number of hydrogen-bond acceptors (Lipinski definition) is 5. The summed E-state index contributed by atoms with van der Waals surface area (Å²) < 4.78 is 5.87. The monoisotopic (exact) mass is 870 g/mol. The van der Waals surface area contributed by atoms with Gasteiger partial charge >= 0.3 is 0 Å². The van der Waals surface area contributed by atoms with E-state index >= 15 is 4.79 Å². The molecule has 0 spiro atoms. The van der Waals surface area contributed by atoms with Gasteiger partial charge in [-0.05, 0) is 136 Å². The minimum atomic E-state index is -0.799. The molecule has 2 aromatic carbocycles. The number of rotatable bonds is 10. The van der Waals surface area contributed by atoms with Crippen LogP contribution in [-0.4, -0.2) is 34.8 Å². The van der Waals surface area contributed by atoms with E-state index in [2.05, 4.69) is 77.6 Å². The Morgan fingerprint density at radius 3 is 1.39 bits per heavy atom. The fourth-order valence-electron chi connectivity index (χ4n) is 6.16. The lowest BCUT2D eigenvalue weighted by molar-refractivity contribution is -0.120. The highest BCUT2D eigenvalue weighted by atomic mass is 79.9. The van der Waals surface area contributed by atoms with E-state index in [4.69, 9.17) is 9.97 Å². The van der Waals surface area contributed by atoms with Crippen LogP contribution in [0.15, 0.2) is 90.9 Å². The molecule has 11 heteroatoms. The topological polar surface area (TPSA) is 92.1 Å². The van der Waals surface area contributed by atoms with E-state index in [1.54, 1.807) is 0 Å². The summed E-state index contributed by atoms with van der Waals surface area (Å²) in [5, 5.41) is 21.4. The van der Waals surface area contributed by atoms with Crippen molar-refractivity contribution in [2.45, 2.75) is 51.4 Å². The van der Waals surface area contributed by atoms with Gasteiger partial charge in [-0.1, -0.05) is 38.8 Å². The van der Waals surface area contributed by atoms with Gasteiger partial charge in [0.25, 0.3) is 0 Å². The van der Waals surface area contributed by atoms with Crippen LogP contribution >= 0.6 is 63.7 Å². The van der Waals surface area contributed by atoms with Crippen molar-refractivity contribution < 1.29 is 15.0 Å². The molecule has 2 N–H and O–H groups in total. The summed E-state index contributed by atoms with van der Waals surface area (Å²) in [6.45, 7) is 4.20. The zero-order valence-corrected chi connectivity index (χ0v) is 31.4. The minimum absolute atomic E-state index is 0.0526. The maximum absolute atomic E-state index is 15.8. The number of ketones is 1. The molecule has 2 unspecified atom stereocenters. The molecule has 0 aliphatic rings. The molecule has 7 nitrogen and oxygen atoms in total. The maximum Gasteiger partial charge on any atom is 0.159 e. The van der Waals surface area contributed by atoms with E-state index in [-0.39, 0.29) is 17.3 Å².